The molecule has 3 saturated heterocycles. The molecule has 3 fully saturated rings. The van der Waals surface area contributed by atoms with Gasteiger partial charge in [0.15, 0.2) is 0 Å². The van der Waals surface area contributed by atoms with Gasteiger partial charge in [-0.05, 0) is 84.5 Å². The van der Waals surface area contributed by atoms with Gasteiger partial charge in [0.25, 0.3) is 5.91 Å². The highest BCUT2D eigenvalue weighted by Gasteiger charge is 2.50. The number of benzene rings is 4. The van der Waals surface area contributed by atoms with Gasteiger partial charge in [-0.1, -0.05) is 87.4 Å². The first-order chi connectivity index (χ1) is 45.0. The first-order valence-corrected chi connectivity index (χ1v) is 31.8. The van der Waals surface area contributed by atoms with Gasteiger partial charge in [-0.2, -0.15) is 0 Å². The summed E-state index contributed by atoms with van der Waals surface area (Å²) < 4.78 is 22.4. The second-order valence-electron chi connectivity index (χ2n) is 23.9. The van der Waals surface area contributed by atoms with E-state index in [1.807, 2.05) is 48.5 Å². The number of unbranched alkanes of at least 4 members (excludes halogenated alkanes) is 2. The van der Waals surface area contributed by atoms with Crippen LogP contribution in [0.2, 0.25) is 0 Å². The second kappa shape index (κ2) is 35.7. The van der Waals surface area contributed by atoms with Crippen LogP contribution in [0.3, 0.4) is 0 Å². The Morgan fingerprint density at radius 1 is 0.617 bits per heavy atom. The summed E-state index contributed by atoms with van der Waals surface area (Å²) in [6, 6.07) is 15.1. The average molecular weight is 1310 g/mol. The average Bonchev–Trinajstić information content (AvgIpc) is 1.59. The van der Waals surface area contributed by atoms with Crippen LogP contribution in [0.4, 0.5) is 0 Å². The molecule has 16 N–H and O–H groups in total. The molecule has 3 aliphatic rings. The highest BCUT2D eigenvalue weighted by Crippen LogP contribution is 2.30. The third kappa shape index (κ3) is 19.9. The summed E-state index contributed by atoms with van der Waals surface area (Å²) in [6.07, 6.45) is -12.5. The summed E-state index contributed by atoms with van der Waals surface area (Å²) in [5, 5.41) is 106. The molecule has 0 saturated carbocycles. The molecule has 0 spiro atoms. The number of fused-ring (bicyclic) bond motifs is 2. The van der Waals surface area contributed by atoms with Gasteiger partial charge in [0, 0.05) is 50.5 Å². The Hall–Kier alpha value is -7.71. The van der Waals surface area contributed by atoms with Gasteiger partial charge in [-0.25, -0.2) is 0 Å². The zero-order valence-electron chi connectivity index (χ0n) is 53.3. The molecular formula is C66H91N9O19. The fraction of sp³-hybridized carbons (Fsp3) is 0.530. The van der Waals surface area contributed by atoms with E-state index in [1.165, 1.54) is 43.3 Å². The third-order valence-electron chi connectivity index (χ3n) is 16.7. The summed E-state index contributed by atoms with van der Waals surface area (Å²) >= 11 is 0. The summed E-state index contributed by atoms with van der Waals surface area (Å²) in [5.74, 6) is -8.32. The molecule has 28 nitrogen and oxygen atoms in total. The molecular weight excluding hydrogens is 1220 g/mol. The van der Waals surface area contributed by atoms with Crippen molar-refractivity contribution >= 4 is 41.4 Å². The fourth-order valence-electron chi connectivity index (χ4n) is 11.3. The Bertz CT molecular complexity index is 3110. The molecule has 3 aliphatic heterocycles. The van der Waals surface area contributed by atoms with Crippen molar-refractivity contribution in [3.8, 4) is 33.8 Å². The van der Waals surface area contributed by atoms with Crippen molar-refractivity contribution in [2.75, 3.05) is 72.4 Å². The molecule has 7 rings (SSSR count). The van der Waals surface area contributed by atoms with E-state index in [-0.39, 0.29) is 56.4 Å². The van der Waals surface area contributed by atoms with Gasteiger partial charge in [0.2, 0.25) is 35.4 Å². The van der Waals surface area contributed by atoms with Gasteiger partial charge in [0.05, 0.1) is 76.8 Å². The van der Waals surface area contributed by atoms with E-state index in [1.54, 1.807) is 12.1 Å². The first-order valence-electron chi connectivity index (χ1n) is 31.8. The molecule has 15 atom stereocenters. The summed E-state index contributed by atoms with van der Waals surface area (Å²) in [6.45, 7) is 6.93. The lowest BCUT2D eigenvalue weighted by atomic mass is 9.96. The molecule has 28 heteroatoms. The molecule has 0 bridgehead atoms. The summed E-state index contributed by atoms with van der Waals surface area (Å²) in [7, 11) is 0. The van der Waals surface area contributed by atoms with Crippen LogP contribution < -0.4 is 42.4 Å². The summed E-state index contributed by atoms with van der Waals surface area (Å²) in [5.41, 5.74) is 8.89. The quantitative estimate of drug-likeness (QED) is 0.0324. The number of rotatable bonds is 26. The molecule has 0 aliphatic carbocycles. The minimum atomic E-state index is -2.30. The van der Waals surface area contributed by atoms with Crippen molar-refractivity contribution in [2.24, 2.45) is 11.7 Å². The maximum Gasteiger partial charge on any atom is 0.251 e. The number of phenolic OH excluding ortho intramolecular Hbond substituents is 1. The van der Waals surface area contributed by atoms with Crippen molar-refractivity contribution in [2.45, 2.75) is 145 Å². The van der Waals surface area contributed by atoms with Crippen LogP contribution in [-0.2, 0) is 43.0 Å². The Kier molecular flexibility index (Phi) is 28.0. The number of carbonyl (C=O) groups excluding carboxylic acids is 7. The number of nitrogens with two attached hydrogens (primary N) is 1. The topological polar surface area (TPSA) is 423 Å². The van der Waals surface area contributed by atoms with E-state index in [2.05, 4.69) is 38.8 Å². The normalized spacial score (nSPS) is 25.6. The predicted octanol–water partition coefficient (Wildman–Crippen LogP) is -1.32. The van der Waals surface area contributed by atoms with Gasteiger partial charge in [-0.15, -0.1) is 0 Å². The van der Waals surface area contributed by atoms with Gasteiger partial charge >= 0.3 is 0 Å². The SMILES string of the molecule is CCCCCOc1ccc(-c2ccc(-c3ccc(C(=O)N[C@@H]4C[C@@H](O)C(NCCOCCOCCOCCN)NC(=O)C5[C@@H](O)[C@@H](C)CN5C(=O)C([C@@H](C)O)NC(=O)C([C@H](O)[C@@H](O)c5ccc(O)cc5)NC(=O)C5C[C@@H](O)CN5C(=O)C([C@@H](C)O)NC4=O)cc3)cc2)cc1. The van der Waals surface area contributed by atoms with E-state index in [0.717, 1.165) is 70.9 Å². The van der Waals surface area contributed by atoms with E-state index in [9.17, 15) is 74.4 Å². The molecule has 7 amide bonds. The highest BCUT2D eigenvalue weighted by molar-refractivity contribution is 6.00. The van der Waals surface area contributed by atoms with Crippen LogP contribution in [0.1, 0.15) is 81.8 Å². The fourth-order valence-corrected chi connectivity index (χ4v) is 11.3. The highest BCUT2D eigenvalue weighted by atomic mass is 16.5. The number of hydrogen-bond donors (Lipinski definition) is 15. The molecule has 4 aromatic carbocycles. The van der Waals surface area contributed by atoms with E-state index in [4.69, 9.17) is 24.7 Å². The molecule has 0 aromatic heterocycles. The maximum absolute atomic E-state index is 14.9. The monoisotopic (exact) mass is 1310 g/mol. The number of nitrogens with zero attached hydrogens (tertiary/aromatic N) is 2. The molecule has 0 radical (unpaired) electrons. The molecule has 94 heavy (non-hydrogen) atoms. The van der Waals surface area contributed by atoms with Crippen LogP contribution in [-0.4, -0.2) is 243 Å². The minimum Gasteiger partial charge on any atom is -0.508 e. The molecule has 514 valence electrons. The largest absolute Gasteiger partial charge is 0.508 e. The number of carbonyl (C=O) groups is 7. The number of aliphatic hydroxyl groups excluding tert-OH is 7. The number of nitrogens with one attached hydrogen (secondary N) is 6. The number of phenols is 1. The van der Waals surface area contributed by atoms with Crippen LogP contribution in [0.25, 0.3) is 22.3 Å². The Labute approximate surface area is 545 Å². The number of aliphatic hydroxyl groups is 7. The number of hydrogen-bond acceptors (Lipinski definition) is 21. The Morgan fingerprint density at radius 2 is 1.15 bits per heavy atom. The lowest BCUT2D eigenvalue weighted by Gasteiger charge is -2.34. The van der Waals surface area contributed by atoms with Crippen molar-refractivity contribution < 1.29 is 93.4 Å². The van der Waals surface area contributed by atoms with Crippen LogP contribution in [0, 0.1) is 5.92 Å². The van der Waals surface area contributed by atoms with Crippen LogP contribution >= 0.6 is 0 Å². The van der Waals surface area contributed by atoms with E-state index < -0.39 is 152 Å². The van der Waals surface area contributed by atoms with Crippen molar-refractivity contribution in [3.05, 3.63) is 108 Å². The van der Waals surface area contributed by atoms with Crippen LogP contribution in [0.15, 0.2) is 97.1 Å². The standard InChI is InChI=1S/C66H91N9O19/c1-5-6-7-26-94-48-22-18-43(19-23-48)41-10-8-40(9-11-41)42-12-14-45(15-13-42)60(84)69-49-34-51(80)59(68-25-28-92-30-32-93-31-29-91-27-24-67)73-64(88)55-56(81)37(2)35-75(55)66(90)53(39(4)77)71-63(87)54(58(83)57(82)44-16-20-46(78)21-17-44)72-62(86)50-33-47(79)36-74(50)65(89)52(38(3)76)70-61(49)85/h8-23,37-39,47,49-59,68,76-83H,5-7,24-36,67H2,1-4H3,(H,69,84)(H,70,85)(H,71,87)(H,72,86)(H,73,88)/t37-,38+,39+,47+,49+,50?,51+,52?,53?,54?,55?,56-,57-,58-,59?/m0/s1. The smallest absolute Gasteiger partial charge is 0.251 e. The van der Waals surface area contributed by atoms with Crippen molar-refractivity contribution in [3.63, 3.8) is 0 Å². The minimum absolute atomic E-state index is 0.0360. The van der Waals surface area contributed by atoms with Gasteiger partial charge in [0.1, 0.15) is 66.1 Å². The lowest BCUT2D eigenvalue weighted by Crippen LogP contribution is -2.64. The van der Waals surface area contributed by atoms with Gasteiger partial charge in [-0.3, -0.25) is 38.9 Å². The van der Waals surface area contributed by atoms with Crippen LogP contribution in [0.5, 0.6) is 11.5 Å². The Morgan fingerprint density at radius 3 is 1.72 bits per heavy atom. The predicted molar refractivity (Wildman–Crippen MR) is 341 cm³/mol. The maximum atomic E-state index is 14.9. The number of amides is 7. The lowest BCUT2D eigenvalue weighted by molar-refractivity contribution is -0.148. The first kappa shape index (κ1) is 73.7. The molecule has 4 aromatic rings. The van der Waals surface area contributed by atoms with Crippen molar-refractivity contribution in [1.82, 2.24) is 41.7 Å². The number of ether oxygens (including phenoxy) is 4. The van der Waals surface area contributed by atoms with Gasteiger partial charge < -0.3 is 102 Å². The van der Waals surface area contributed by atoms with E-state index in [0.29, 0.717) is 26.4 Å². The number of aromatic hydroxyl groups is 1. The second-order valence-corrected chi connectivity index (χ2v) is 23.9. The molecule has 6 unspecified atom stereocenters. The molecule has 3 heterocycles. The van der Waals surface area contributed by atoms with E-state index >= 15 is 0 Å². The Balaban J connectivity index is 1.21. The van der Waals surface area contributed by atoms with Crippen molar-refractivity contribution in [1.29, 1.82) is 0 Å². The zero-order chi connectivity index (χ0) is 68.2. The third-order valence-corrected chi connectivity index (χ3v) is 16.7. The summed E-state index contributed by atoms with van der Waals surface area (Å²) in [4.78, 5) is 104. The zero-order valence-corrected chi connectivity index (χ0v) is 53.3.